The van der Waals surface area contributed by atoms with Crippen molar-refractivity contribution in [3.63, 3.8) is 0 Å². The van der Waals surface area contributed by atoms with Gasteiger partial charge in [0.25, 0.3) is 5.91 Å². The standard InChI is InChI=1S/C23H23FN4O5/c1-30-22-15(24)3-2-4-17(22)28-21-19-16(6-8-26-23(19)29)27-20(21)14-5-7-25-9-18(14)32-11-13-10-31-12-33-13/h2-5,7,9,13,27-28H,6,8,10-12H2,1H3,(H,26,29). The molecular formula is C23H23FN4O5. The van der Waals surface area contributed by atoms with Crippen LogP contribution in [0, 0.1) is 5.82 Å². The number of aromatic amines is 1. The van der Waals surface area contributed by atoms with E-state index in [1.807, 2.05) is 0 Å². The molecule has 10 heteroatoms. The molecule has 1 unspecified atom stereocenters. The molecule has 2 aliphatic heterocycles. The normalized spacial score (nSPS) is 17.4. The summed E-state index contributed by atoms with van der Waals surface area (Å²) in [5.41, 5.74) is 3.47. The topological polar surface area (TPSA) is 107 Å². The number of hydrogen-bond donors (Lipinski definition) is 3. The first-order valence-electron chi connectivity index (χ1n) is 10.5. The van der Waals surface area contributed by atoms with Gasteiger partial charge in [-0.15, -0.1) is 0 Å². The van der Waals surface area contributed by atoms with E-state index in [1.165, 1.54) is 13.2 Å². The summed E-state index contributed by atoms with van der Waals surface area (Å²) in [6.07, 6.45) is 3.71. The number of halogens is 1. The number of carbonyl (C=O) groups is 1. The second-order valence-corrected chi connectivity index (χ2v) is 7.64. The van der Waals surface area contributed by atoms with Gasteiger partial charge in [-0.25, -0.2) is 4.39 Å². The molecular weight excluding hydrogens is 431 g/mol. The summed E-state index contributed by atoms with van der Waals surface area (Å²) in [6.45, 7) is 1.52. The highest BCUT2D eigenvalue weighted by Crippen LogP contribution is 2.42. The van der Waals surface area contributed by atoms with E-state index in [-0.39, 0.29) is 24.6 Å². The molecule has 3 aromatic rings. The number of ether oxygens (including phenoxy) is 4. The molecule has 1 atom stereocenters. The van der Waals surface area contributed by atoms with Crippen LogP contribution in [0.4, 0.5) is 15.8 Å². The highest BCUT2D eigenvalue weighted by atomic mass is 19.1. The summed E-state index contributed by atoms with van der Waals surface area (Å²) in [5.74, 6) is -0.158. The summed E-state index contributed by atoms with van der Waals surface area (Å²) < 4.78 is 36.3. The van der Waals surface area contributed by atoms with E-state index in [0.29, 0.717) is 60.1 Å². The Balaban J connectivity index is 1.58. The van der Waals surface area contributed by atoms with E-state index in [2.05, 4.69) is 20.6 Å². The first-order valence-corrected chi connectivity index (χ1v) is 10.5. The molecule has 33 heavy (non-hydrogen) atoms. The molecule has 5 rings (SSSR count). The van der Waals surface area contributed by atoms with Crippen molar-refractivity contribution < 1.29 is 28.1 Å². The third kappa shape index (κ3) is 4.10. The fraction of sp³-hybridized carbons (Fsp3) is 0.304. The van der Waals surface area contributed by atoms with E-state index in [9.17, 15) is 9.18 Å². The maximum Gasteiger partial charge on any atom is 0.255 e. The second-order valence-electron chi connectivity index (χ2n) is 7.64. The molecule has 0 bridgehead atoms. The van der Waals surface area contributed by atoms with E-state index in [0.717, 1.165) is 5.69 Å². The average molecular weight is 454 g/mol. The van der Waals surface area contributed by atoms with Crippen molar-refractivity contribution in [3.05, 3.63) is 53.7 Å². The maximum atomic E-state index is 14.3. The first kappa shape index (κ1) is 21.2. The van der Waals surface area contributed by atoms with Crippen molar-refractivity contribution in [2.45, 2.75) is 12.5 Å². The van der Waals surface area contributed by atoms with Crippen LogP contribution in [0.3, 0.4) is 0 Å². The Hall–Kier alpha value is -3.63. The molecule has 172 valence electrons. The van der Waals surface area contributed by atoms with Gasteiger partial charge < -0.3 is 34.6 Å². The zero-order valence-corrected chi connectivity index (χ0v) is 17.9. The van der Waals surface area contributed by atoms with Gasteiger partial charge in [0.1, 0.15) is 25.3 Å². The van der Waals surface area contributed by atoms with Gasteiger partial charge in [0.15, 0.2) is 11.6 Å². The summed E-state index contributed by atoms with van der Waals surface area (Å²) in [4.78, 5) is 20.4. The Bertz CT molecular complexity index is 1180. The van der Waals surface area contributed by atoms with E-state index in [1.54, 1.807) is 30.6 Å². The van der Waals surface area contributed by atoms with Gasteiger partial charge in [-0.2, -0.15) is 0 Å². The van der Waals surface area contributed by atoms with Crippen molar-refractivity contribution in [1.29, 1.82) is 0 Å². The minimum absolute atomic E-state index is 0.0548. The lowest BCUT2D eigenvalue weighted by Crippen LogP contribution is -2.31. The van der Waals surface area contributed by atoms with Gasteiger partial charge in [-0.05, 0) is 18.2 Å². The molecule has 2 aromatic heterocycles. The van der Waals surface area contributed by atoms with E-state index >= 15 is 0 Å². The fourth-order valence-electron chi connectivity index (χ4n) is 4.01. The summed E-state index contributed by atoms with van der Waals surface area (Å²) in [6, 6.07) is 6.37. The molecule has 1 saturated heterocycles. The molecule has 1 aromatic carbocycles. The lowest BCUT2D eigenvalue weighted by Gasteiger charge is -2.17. The largest absolute Gasteiger partial charge is 0.492 e. The van der Waals surface area contributed by atoms with Crippen LogP contribution in [0.5, 0.6) is 11.5 Å². The lowest BCUT2D eigenvalue weighted by molar-refractivity contribution is 0.0321. The van der Waals surface area contributed by atoms with Crippen molar-refractivity contribution in [1.82, 2.24) is 15.3 Å². The highest BCUT2D eigenvalue weighted by molar-refractivity contribution is 6.06. The van der Waals surface area contributed by atoms with Gasteiger partial charge in [-0.3, -0.25) is 9.78 Å². The smallest absolute Gasteiger partial charge is 0.255 e. The predicted octanol–water partition coefficient (Wildman–Crippen LogP) is 3.01. The minimum atomic E-state index is -0.510. The van der Waals surface area contributed by atoms with Crippen LogP contribution in [-0.4, -0.2) is 55.6 Å². The maximum absolute atomic E-state index is 14.3. The van der Waals surface area contributed by atoms with Crippen LogP contribution in [0.15, 0.2) is 36.7 Å². The molecule has 1 fully saturated rings. The van der Waals surface area contributed by atoms with Crippen LogP contribution in [0.25, 0.3) is 11.3 Å². The van der Waals surface area contributed by atoms with Gasteiger partial charge >= 0.3 is 0 Å². The zero-order valence-electron chi connectivity index (χ0n) is 17.9. The SMILES string of the molecule is COc1c(F)cccc1Nc1c(-c2ccncc2OCC2COCO2)[nH]c2c1C(=O)NCC2. The summed E-state index contributed by atoms with van der Waals surface area (Å²) in [5, 5.41) is 6.08. The van der Waals surface area contributed by atoms with Gasteiger partial charge in [0.05, 0.1) is 42.5 Å². The number of nitrogens with one attached hydrogen (secondary N) is 3. The number of aromatic nitrogens is 2. The van der Waals surface area contributed by atoms with Crippen LogP contribution in [-0.2, 0) is 15.9 Å². The number of amides is 1. The number of para-hydroxylation sites is 1. The molecule has 9 nitrogen and oxygen atoms in total. The summed E-state index contributed by atoms with van der Waals surface area (Å²) >= 11 is 0. The molecule has 1 amide bonds. The van der Waals surface area contributed by atoms with Gasteiger partial charge in [0.2, 0.25) is 0 Å². The van der Waals surface area contributed by atoms with E-state index in [4.69, 9.17) is 18.9 Å². The molecule has 0 saturated carbocycles. The number of carbonyl (C=O) groups excluding carboxylic acids is 1. The Labute approximate surface area is 189 Å². The van der Waals surface area contributed by atoms with Crippen LogP contribution < -0.4 is 20.1 Å². The number of anilines is 2. The monoisotopic (exact) mass is 454 g/mol. The number of pyridine rings is 1. The molecule has 2 aliphatic rings. The average Bonchev–Trinajstić information content (AvgIpc) is 3.47. The summed E-state index contributed by atoms with van der Waals surface area (Å²) in [7, 11) is 1.40. The van der Waals surface area contributed by atoms with Crippen molar-refractivity contribution in [2.75, 3.05) is 39.0 Å². The third-order valence-electron chi connectivity index (χ3n) is 5.57. The third-order valence-corrected chi connectivity index (χ3v) is 5.57. The fourth-order valence-corrected chi connectivity index (χ4v) is 4.01. The van der Waals surface area contributed by atoms with Crippen molar-refractivity contribution in [2.24, 2.45) is 0 Å². The number of H-pyrrole nitrogens is 1. The number of benzene rings is 1. The zero-order chi connectivity index (χ0) is 22.8. The van der Waals surface area contributed by atoms with Gasteiger partial charge in [0, 0.05) is 30.4 Å². The minimum Gasteiger partial charge on any atom is -0.492 e. The molecule has 4 heterocycles. The molecule has 0 spiro atoms. The number of fused-ring (bicyclic) bond motifs is 1. The number of methoxy groups -OCH3 is 1. The molecule has 0 radical (unpaired) electrons. The quantitative estimate of drug-likeness (QED) is 0.504. The van der Waals surface area contributed by atoms with Crippen LogP contribution in [0.2, 0.25) is 0 Å². The molecule has 3 N–H and O–H groups in total. The number of nitrogens with zero attached hydrogens (tertiary/aromatic N) is 1. The first-order chi connectivity index (χ1) is 16.2. The Morgan fingerprint density at radius 2 is 2.24 bits per heavy atom. The predicted molar refractivity (Wildman–Crippen MR) is 117 cm³/mol. The van der Waals surface area contributed by atoms with Crippen LogP contribution >= 0.6 is 0 Å². The van der Waals surface area contributed by atoms with Crippen molar-refractivity contribution >= 4 is 17.3 Å². The Morgan fingerprint density at radius 1 is 1.33 bits per heavy atom. The highest BCUT2D eigenvalue weighted by Gasteiger charge is 2.29. The van der Waals surface area contributed by atoms with Gasteiger partial charge in [-0.1, -0.05) is 6.07 Å². The Kier molecular flexibility index (Phi) is 5.84. The number of hydrogen-bond acceptors (Lipinski definition) is 7. The van der Waals surface area contributed by atoms with E-state index < -0.39 is 5.82 Å². The van der Waals surface area contributed by atoms with Crippen molar-refractivity contribution in [3.8, 4) is 22.8 Å². The second kappa shape index (κ2) is 9.08. The Morgan fingerprint density at radius 3 is 3.06 bits per heavy atom. The number of rotatable bonds is 7. The van der Waals surface area contributed by atoms with Crippen LogP contribution in [0.1, 0.15) is 16.1 Å². The lowest BCUT2D eigenvalue weighted by atomic mass is 10.0. The molecule has 0 aliphatic carbocycles.